The van der Waals surface area contributed by atoms with E-state index in [4.69, 9.17) is 46.3 Å². The van der Waals surface area contributed by atoms with E-state index in [0.717, 1.165) is 13.0 Å². The van der Waals surface area contributed by atoms with E-state index in [9.17, 15) is 0 Å². The van der Waals surface area contributed by atoms with E-state index in [1.54, 1.807) is 0 Å². The predicted octanol–water partition coefficient (Wildman–Crippen LogP) is 0.989. The number of ether oxygens (including phenoxy) is 5. The molecular weight excluding hydrogens is 384 g/mol. The van der Waals surface area contributed by atoms with Gasteiger partial charge in [0.15, 0.2) is 0 Å². The smallest absolute Gasteiger partial charge is 0.394 e. The molecule has 11 heteroatoms. The van der Waals surface area contributed by atoms with Gasteiger partial charge in [0, 0.05) is 6.61 Å². The molecule has 27 heavy (non-hydrogen) atoms. The fourth-order valence-electron chi connectivity index (χ4n) is 1.68. The Morgan fingerprint density at radius 1 is 0.593 bits per heavy atom. The lowest BCUT2D eigenvalue weighted by molar-refractivity contribution is -0.0134. The molecule has 0 spiro atoms. The third-order valence-corrected chi connectivity index (χ3v) is 2.87. The molecule has 166 valence electrons. The summed E-state index contributed by atoms with van der Waals surface area (Å²) in [6, 6.07) is 0. The number of rotatable bonds is 19. The molecule has 0 radical (unpaired) electrons. The lowest BCUT2D eigenvalue weighted by atomic mass is 10.2. The Bertz CT molecular complexity index is 336. The highest BCUT2D eigenvalue weighted by molar-refractivity contribution is 7.79. The molecule has 0 aromatic carbocycles. The summed E-state index contributed by atoms with van der Waals surface area (Å²) in [6.07, 6.45) is 4.94. The van der Waals surface area contributed by atoms with Gasteiger partial charge >= 0.3 is 10.4 Å². The van der Waals surface area contributed by atoms with Crippen LogP contribution in [0.15, 0.2) is 0 Å². The minimum absolute atomic E-state index is 0.0486. The van der Waals surface area contributed by atoms with E-state index in [0.29, 0.717) is 59.5 Å². The standard InChI is InChI=1S/C16H34O6.H2O4S/c1-2-3-4-5-7-18-9-11-20-13-15-22-16-14-21-12-10-19-8-6-17;1-5(2,3)4/h17H,2-16H2,1H3;(H2,1,2,3,4). The average Bonchev–Trinajstić information content (AvgIpc) is 2.59. The third kappa shape index (κ3) is 41.2. The van der Waals surface area contributed by atoms with Crippen LogP contribution in [-0.2, 0) is 34.1 Å². The molecule has 0 aromatic rings. The molecule has 0 aliphatic heterocycles. The summed E-state index contributed by atoms with van der Waals surface area (Å²) in [4.78, 5) is 0. The number of hydrogen-bond acceptors (Lipinski definition) is 8. The topological polar surface area (TPSA) is 141 Å². The van der Waals surface area contributed by atoms with Gasteiger partial charge in [-0.05, 0) is 6.42 Å². The van der Waals surface area contributed by atoms with Crippen LogP contribution in [0.3, 0.4) is 0 Å². The van der Waals surface area contributed by atoms with Crippen molar-refractivity contribution >= 4 is 10.4 Å². The van der Waals surface area contributed by atoms with Crippen LogP contribution >= 0.6 is 0 Å². The van der Waals surface area contributed by atoms with Gasteiger partial charge in [-0.1, -0.05) is 26.2 Å². The maximum absolute atomic E-state index is 8.74. The predicted molar refractivity (Wildman–Crippen MR) is 99.5 cm³/mol. The largest absolute Gasteiger partial charge is 0.394 e. The Labute approximate surface area is 162 Å². The van der Waals surface area contributed by atoms with Crippen LogP contribution in [0, 0.1) is 0 Å². The maximum Gasteiger partial charge on any atom is 0.394 e. The molecule has 0 aliphatic carbocycles. The molecule has 0 bridgehead atoms. The summed E-state index contributed by atoms with van der Waals surface area (Å²) in [7, 11) is -4.67. The van der Waals surface area contributed by atoms with Gasteiger partial charge in [-0.2, -0.15) is 8.42 Å². The number of unbranched alkanes of at least 4 members (excludes halogenated alkanes) is 3. The van der Waals surface area contributed by atoms with E-state index >= 15 is 0 Å². The summed E-state index contributed by atoms with van der Waals surface area (Å²) in [5.74, 6) is 0. The summed E-state index contributed by atoms with van der Waals surface area (Å²) in [5.41, 5.74) is 0. The van der Waals surface area contributed by atoms with Crippen molar-refractivity contribution in [1.82, 2.24) is 0 Å². The zero-order valence-corrected chi connectivity index (χ0v) is 17.0. The average molecular weight is 421 g/mol. The van der Waals surface area contributed by atoms with Crippen LogP contribution in [0.4, 0.5) is 0 Å². The van der Waals surface area contributed by atoms with E-state index in [1.807, 2.05) is 0 Å². The van der Waals surface area contributed by atoms with Crippen LogP contribution < -0.4 is 0 Å². The molecule has 0 unspecified atom stereocenters. The van der Waals surface area contributed by atoms with E-state index in [2.05, 4.69) is 6.92 Å². The van der Waals surface area contributed by atoms with Crippen molar-refractivity contribution in [3.63, 3.8) is 0 Å². The molecule has 0 aromatic heterocycles. The zero-order chi connectivity index (χ0) is 20.6. The third-order valence-electron chi connectivity index (χ3n) is 2.87. The second-order valence-corrected chi connectivity index (χ2v) is 6.19. The van der Waals surface area contributed by atoms with Gasteiger partial charge in [-0.3, -0.25) is 9.11 Å². The van der Waals surface area contributed by atoms with E-state index in [-0.39, 0.29) is 6.61 Å². The summed E-state index contributed by atoms with van der Waals surface area (Å²) in [6.45, 7) is 8.00. The van der Waals surface area contributed by atoms with Crippen LogP contribution in [-0.4, -0.2) is 95.3 Å². The SMILES string of the molecule is CCCCCCOCCOCCOCCOCCOCCO.O=S(=O)(O)O. The van der Waals surface area contributed by atoms with E-state index < -0.39 is 10.4 Å². The second-order valence-electron chi connectivity index (χ2n) is 5.29. The first-order valence-electron chi connectivity index (χ1n) is 9.11. The van der Waals surface area contributed by atoms with Gasteiger partial charge in [-0.25, -0.2) is 0 Å². The Hall–Kier alpha value is -0.370. The first-order valence-corrected chi connectivity index (χ1v) is 10.5. The van der Waals surface area contributed by atoms with E-state index in [1.165, 1.54) is 19.3 Å². The summed E-state index contributed by atoms with van der Waals surface area (Å²) < 4.78 is 58.2. The van der Waals surface area contributed by atoms with Gasteiger partial charge < -0.3 is 28.8 Å². The minimum atomic E-state index is -4.67. The van der Waals surface area contributed by atoms with Gasteiger partial charge in [0.2, 0.25) is 0 Å². The molecule has 0 saturated heterocycles. The Morgan fingerprint density at radius 2 is 0.926 bits per heavy atom. The molecule has 0 rings (SSSR count). The monoisotopic (exact) mass is 420 g/mol. The number of hydrogen-bond donors (Lipinski definition) is 3. The van der Waals surface area contributed by atoms with Crippen molar-refractivity contribution < 1.29 is 46.3 Å². The lowest BCUT2D eigenvalue weighted by Gasteiger charge is -2.07. The van der Waals surface area contributed by atoms with Crippen LogP contribution in [0.25, 0.3) is 0 Å². The Kier molecular flexibility index (Phi) is 25.3. The van der Waals surface area contributed by atoms with Crippen molar-refractivity contribution in [1.29, 1.82) is 0 Å². The van der Waals surface area contributed by atoms with Crippen molar-refractivity contribution in [3.8, 4) is 0 Å². The maximum atomic E-state index is 8.74. The van der Waals surface area contributed by atoms with Crippen LogP contribution in [0.2, 0.25) is 0 Å². The molecule has 0 fully saturated rings. The summed E-state index contributed by atoms with van der Waals surface area (Å²) in [5, 5.41) is 8.50. The fourth-order valence-corrected chi connectivity index (χ4v) is 1.68. The lowest BCUT2D eigenvalue weighted by Crippen LogP contribution is -2.13. The van der Waals surface area contributed by atoms with Gasteiger partial charge in [-0.15, -0.1) is 0 Å². The fraction of sp³-hybridized carbons (Fsp3) is 1.00. The van der Waals surface area contributed by atoms with Crippen molar-refractivity contribution in [3.05, 3.63) is 0 Å². The molecule has 0 saturated carbocycles. The number of aliphatic hydroxyl groups excluding tert-OH is 1. The van der Waals surface area contributed by atoms with Crippen LogP contribution in [0.1, 0.15) is 32.6 Å². The molecule has 0 atom stereocenters. The van der Waals surface area contributed by atoms with Gasteiger partial charge in [0.05, 0.1) is 66.1 Å². The first-order chi connectivity index (χ1) is 12.9. The number of aliphatic hydroxyl groups is 1. The minimum Gasteiger partial charge on any atom is -0.394 e. The van der Waals surface area contributed by atoms with Crippen molar-refractivity contribution in [2.24, 2.45) is 0 Å². The molecular formula is C16H36O10S. The normalized spacial score (nSPS) is 11.3. The van der Waals surface area contributed by atoms with Crippen molar-refractivity contribution in [2.45, 2.75) is 32.6 Å². The molecule has 0 heterocycles. The Morgan fingerprint density at radius 3 is 1.26 bits per heavy atom. The summed E-state index contributed by atoms with van der Waals surface area (Å²) >= 11 is 0. The molecule has 0 amide bonds. The highest BCUT2D eigenvalue weighted by atomic mass is 32.3. The molecule has 3 N–H and O–H groups in total. The molecule has 0 aliphatic rings. The Balaban J connectivity index is 0. The quantitative estimate of drug-likeness (QED) is 0.205. The van der Waals surface area contributed by atoms with Gasteiger partial charge in [0.1, 0.15) is 0 Å². The van der Waals surface area contributed by atoms with Crippen molar-refractivity contribution in [2.75, 3.05) is 72.7 Å². The first kappa shape index (κ1) is 28.8. The highest BCUT2D eigenvalue weighted by Crippen LogP contribution is 1.98. The zero-order valence-electron chi connectivity index (χ0n) is 16.2. The highest BCUT2D eigenvalue weighted by Gasteiger charge is 1.93. The second kappa shape index (κ2) is 23.7. The molecule has 10 nitrogen and oxygen atoms in total. The van der Waals surface area contributed by atoms with Gasteiger partial charge in [0.25, 0.3) is 0 Å². The van der Waals surface area contributed by atoms with Crippen LogP contribution in [0.5, 0.6) is 0 Å².